The Morgan fingerprint density at radius 2 is 1.81 bits per heavy atom. The molecule has 0 saturated carbocycles. The molecule has 9 heteroatoms. The van der Waals surface area contributed by atoms with Crippen LogP contribution in [-0.4, -0.2) is 29.2 Å². The number of fused-ring (bicyclic) bond motifs is 2. The summed E-state index contributed by atoms with van der Waals surface area (Å²) in [6.45, 7) is 0.599. The van der Waals surface area contributed by atoms with Crippen LogP contribution in [0.3, 0.4) is 0 Å². The molecular formula is C12H15Cl2F2N3O2. The molecule has 1 aromatic carbocycles. The molecule has 3 rings (SSSR count). The molecule has 0 atom stereocenters. The number of benzene rings is 1. The molecule has 0 radical (unpaired) electrons. The lowest BCUT2D eigenvalue weighted by atomic mass is 10.2. The van der Waals surface area contributed by atoms with E-state index < -0.39 is 13.0 Å². The second-order valence-electron chi connectivity index (χ2n) is 4.22. The van der Waals surface area contributed by atoms with Gasteiger partial charge in [-0.3, -0.25) is 0 Å². The molecule has 0 aliphatic carbocycles. The van der Waals surface area contributed by atoms with Gasteiger partial charge in [-0.15, -0.1) is 24.8 Å². The lowest BCUT2D eigenvalue weighted by Gasteiger charge is -2.18. The molecule has 0 amide bonds. The number of aromatic nitrogens is 2. The Hall–Kier alpha value is -1.31. The highest BCUT2D eigenvalue weighted by atomic mass is 35.5. The van der Waals surface area contributed by atoms with Crippen LogP contribution in [0, 0.1) is 0 Å². The fourth-order valence-electron chi connectivity index (χ4n) is 2.21. The lowest BCUT2D eigenvalue weighted by Crippen LogP contribution is -2.15. The molecule has 118 valence electrons. The zero-order chi connectivity index (χ0) is 13.4. The van der Waals surface area contributed by atoms with Gasteiger partial charge in [-0.2, -0.15) is 0 Å². The average molecular weight is 342 g/mol. The van der Waals surface area contributed by atoms with Crippen LogP contribution in [0.25, 0.3) is 11.0 Å². The summed E-state index contributed by atoms with van der Waals surface area (Å²) >= 11 is 0. The Kier molecular flexibility index (Phi) is 6.00. The van der Waals surface area contributed by atoms with Gasteiger partial charge < -0.3 is 19.8 Å². The van der Waals surface area contributed by atoms with Gasteiger partial charge in [0.2, 0.25) is 0 Å². The first kappa shape index (κ1) is 17.7. The highest BCUT2D eigenvalue weighted by Crippen LogP contribution is 2.34. The summed E-state index contributed by atoms with van der Waals surface area (Å²) in [7, 11) is 0. The average Bonchev–Trinajstić information content (AvgIpc) is 2.73. The minimum atomic E-state index is -2.46. The summed E-state index contributed by atoms with van der Waals surface area (Å²) in [4.78, 5) is 4.26. The Morgan fingerprint density at radius 3 is 2.38 bits per heavy atom. The van der Waals surface area contributed by atoms with Crippen molar-refractivity contribution in [3.8, 4) is 11.5 Å². The fourth-order valence-corrected chi connectivity index (χ4v) is 2.21. The van der Waals surface area contributed by atoms with E-state index in [-0.39, 0.29) is 31.4 Å². The van der Waals surface area contributed by atoms with E-state index in [1.54, 1.807) is 12.1 Å². The van der Waals surface area contributed by atoms with E-state index in [4.69, 9.17) is 15.2 Å². The van der Waals surface area contributed by atoms with Gasteiger partial charge >= 0.3 is 0 Å². The van der Waals surface area contributed by atoms with Crippen molar-refractivity contribution in [1.82, 2.24) is 9.55 Å². The molecule has 2 N–H and O–H groups in total. The van der Waals surface area contributed by atoms with Crippen molar-refractivity contribution in [3.05, 3.63) is 18.0 Å². The molecule has 0 unspecified atom stereocenters. The largest absolute Gasteiger partial charge is 0.486 e. The molecular weight excluding hydrogens is 327 g/mol. The number of hydrogen-bond donors (Lipinski definition) is 1. The van der Waals surface area contributed by atoms with Gasteiger partial charge in [-0.25, -0.2) is 13.8 Å². The summed E-state index contributed by atoms with van der Waals surface area (Å²) in [5.74, 6) is 1.57. The topological polar surface area (TPSA) is 62.3 Å². The number of alkyl halides is 2. The van der Waals surface area contributed by atoms with E-state index in [2.05, 4.69) is 4.98 Å². The van der Waals surface area contributed by atoms with Crippen LogP contribution in [-0.2, 0) is 13.1 Å². The molecule has 1 aliphatic rings. The van der Waals surface area contributed by atoms with Crippen LogP contribution in [0.15, 0.2) is 12.1 Å². The number of nitrogens with two attached hydrogens (primary N) is 1. The molecule has 21 heavy (non-hydrogen) atoms. The first-order chi connectivity index (χ1) is 9.19. The molecule has 2 aromatic rings. The fraction of sp³-hybridized carbons (Fsp3) is 0.417. The quantitative estimate of drug-likeness (QED) is 0.930. The van der Waals surface area contributed by atoms with Gasteiger partial charge in [-0.1, -0.05) is 0 Å². The Labute approximate surface area is 132 Å². The van der Waals surface area contributed by atoms with Gasteiger partial charge in [-0.05, 0) is 0 Å². The van der Waals surface area contributed by atoms with Crippen molar-refractivity contribution >= 4 is 35.8 Å². The van der Waals surface area contributed by atoms with Gasteiger partial charge in [0.25, 0.3) is 6.43 Å². The summed E-state index contributed by atoms with van der Waals surface area (Å²) in [5.41, 5.74) is 6.73. The van der Waals surface area contributed by atoms with Crippen molar-refractivity contribution in [2.45, 2.75) is 19.5 Å². The van der Waals surface area contributed by atoms with Gasteiger partial charge in [0.1, 0.15) is 19.0 Å². The molecule has 0 fully saturated rings. The number of rotatable bonds is 3. The van der Waals surface area contributed by atoms with Crippen molar-refractivity contribution in [3.63, 3.8) is 0 Å². The smallest absolute Gasteiger partial charge is 0.256 e. The van der Waals surface area contributed by atoms with Gasteiger partial charge in [0.15, 0.2) is 11.5 Å². The van der Waals surface area contributed by atoms with Crippen molar-refractivity contribution in [1.29, 1.82) is 0 Å². The van der Waals surface area contributed by atoms with Gasteiger partial charge in [0, 0.05) is 12.1 Å². The SMILES string of the molecule is Cl.Cl.NCc1nc2cc3c(cc2n1CC(F)F)OCCO3. The van der Waals surface area contributed by atoms with E-state index in [1.165, 1.54) is 4.57 Å². The maximum absolute atomic E-state index is 12.6. The van der Waals surface area contributed by atoms with Crippen LogP contribution in [0.5, 0.6) is 11.5 Å². The monoisotopic (exact) mass is 341 g/mol. The Morgan fingerprint density at radius 1 is 1.19 bits per heavy atom. The highest BCUT2D eigenvalue weighted by Gasteiger charge is 2.19. The van der Waals surface area contributed by atoms with E-state index in [0.29, 0.717) is 41.6 Å². The number of nitrogens with zero attached hydrogens (tertiary/aromatic N) is 2. The predicted molar refractivity (Wildman–Crippen MR) is 79.1 cm³/mol. The number of hydrogen-bond acceptors (Lipinski definition) is 4. The van der Waals surface area contributed by atoms with Crippen LogP contribution in [0.4, 0.5) is 8.78 Å². The number of ether oxygens (including phenoxy) is 2. The third-order valence-corrected chi connectivity index (χ3v) is 2.99. The molecule has 2 heterocycles. The second-order valence-corrected chi connectivity index (χ2v) is 4.22. The van der Waals surface area contributed by atoms with Crippen LogP contribution < -0.4 is 15.2 Å². The Balaban J connectivity index is 0.00000110. The molecule has 0 spiro atoms. The zero-order valence-corrected chi connectivity index (χ0v) is 12.6. The normalized spacial score (nSPS) is 13.0. The van der Waals surface area contributed by atoms with Crippen LogP contribution in [0.2, 0.25) is 0 Å². The predicted octanol–water partition coefficient (Wildman–Crippen LogP) is 2.37. The molecule has 0 bridgehead atoms. The molecule has 1 aliphatic heterocycles. The first-order valence-corrected chi connectivity index (χ1v) is 5.96. The minimum Gasteiger partial charge on any atom is -0.486 e. The van der Waals surface area contributed by atoms with Crippen LogP contribution in [0.1, 0.15) is 5.82 Å². The third-order valence-electron chi connectivity index (χ3n) is 2.99. The number of imidazole rings is 1. The summed E-state index contributed by atoms with van der Waals surface area (Å²) in [6, 6.07) is 3.38. The maximum atomic E-state index is 12.6. The molecule has 1 aromatic heterocycles. The summed E-state index contributed by atoms with van der Waals surface area (Å²) in [6.07, 6.45) is -2.46. The summed E-state index contributed by atoms with van der Waals surface area (Å²) < 4.78 is 37.6. The zero-order valence-electron chi connectivity index (χ0n) is 10.9. The standard InChI is InChI=1S/C12H13F2N3O2.2ClH/c13-11(14)6-17-8-4-10-9(18-1-2-19-10)3-7(8)16-12(17)5-15;;/h3-4,11H,1-2,5-6,15H2;2*1H. The maximum Gasteiger partial charge on any atom is 0.256 e. The van der Waals surface area contributed by atoms with E-state index >= 15 is 0 Å². The molecule has 0 saturated heterocycles. The van der Waals surface area contributed by atoms with Crippen LogP contribution >= 0.6 is 24.8 Å². The Bertz CT molecular complexity index is 622. The number of halogens is 4. The van der Waals surface area contributed by atoms with Gasteiger partial charge in [0.05, 0.1) is 24.1 Å². The minimum absolute atomic E-state index is 0. The molecule has 5 nitrogen and oxygen atoms in total. The first-order valence-electron chi connectivity index (χ1n) is 5.96. The lowest BCUT2D eigenvalue weighted by molar-refractivity contribution is 0.127. The van der Waals surface area contributed by atoms with E-state index in [9.17, 15) is 8.78 Å². The van der Waals surface area contributed by atoms with Crippen molar-refractivity contribution in [2.24, 2.45) is 5.73 Å². The second kappa shape index (κ2) is 7.11. The highest BCUT2D eigenvalue weighted by molar-refractivity contribution is 5.85. The van der Waals surface area contributed by atoms with Crippen molar-refractivity contribution < 1.29 is 18.3 Å². The summed E-state index contributed by atoms with van der Waals surface area (Å²) in [5, 5.41) is 0. The van der Waals surface area contributed by atoms with E-state index in [0.717, 1.165) is 0 Å². The van der Waals surface area contributed by atoms with E-state index in [1.807, 2.05) is 0 Å². The third kappa shape index (κ3) is 3.30. The van der Waals surface area contributed by atoms with Crippen molar-refractivity contribution in [2.75, 3.05) is 13.2 Å².